The highest BCUT2D eigenvalue weighted by Crippen LogP contribution is 2.58. The van der Waals surface area contributed by atoms with Crippen LogP contribution in [0.3, 0.4) is 0 Å². The standard InChI is InChI=1S/C22H33N5O2/c1-25-10-7-22(19(25)28)17-27(20-23-8-2-9-24-20)16-21(22)5-11-26(12-6-21)15-18-3-13-29-14-4-18/h2,8-9,18H,3-7,10-17H2,1H3/t22-/m1/s1. The number of amides is 1. The van der Waals surface area contributed by atoms with Crippen LogP contribution in [-0.4, -0.2) is 85.2 Å². The molecular weight excluding hydrogens is 366 g/mol. The highest BCUT2D eigenvalue weighted by atomic mass is 16.5. The largest absolute Gasteiger partial charge is 0.381 e. The number of hydrogen-bond donors (Lipinski definition) is 0. The molecule has 29 heavy (non-hydrogen) atoms. The average molecular weight is 400 g/mol. The predicted molar refractivity (Wildman–Crippen MR) is 111 cm³/mol. The summed E-state index contributed by atoms with van der Waals surface area (Å²) < 4.78 is 5.53. The van der Waals surface area contributed by atoms with E-state index >= 15 is 0 Å². The van der Waals surface area contributed by atoms with Crippen LogP contribution in [0.1, 0.15) is 32.1 Å². The highest BCUT2D eigenvalue weighted by Gasteiger charge is 2.65. The van der Waals surface area contributed by atoms with Gasteiger partial charge in [0.15, 0.2) is 0 Å². The Kier molecular flexibility index (Phi) is 4.98. The van der Waals surface area contributed by atoms with E-state index in [-0.39, 0.29) is 10.8 Å². The van der Waals surface area contributed by atoms with Gasteiger partial charge >= 0.3 is 0 Å². The van der Waals surface area contributed by atoms with Crippen molar-refractivity contribution in [3.63, 3.8) is 0 Å². The maximum atomic E-state index is 13.4. The smallest absolute Gasteiger partial charge is 0.231 e. The van der Waals surface area contributed by atoms with Gasteiger partial charge in [-0.15, -0.1) is 0 Å². The maximum Gasteiger partial charge on any atom is 0.231 e. The molecule has 0 N–H and O–H groups in total. The highest BCUT2D eigenvalue weighted by molar-refractivity contribution is 5.87. The number of carbonyl (C=O) groups excluding carboxylic acids is 1. The van der Waals surface area contributed by atoms with Crippen molar-refractivity contribution in [1.82, 2.24) is 19.8 Å². The van der Waals surface area contributed by atoms with E-state index in [0.717, 1.165) is 77.1 Å². The second kappa shape index (κ2) is 7.51. The second-order valence-corrected chi connectivity index (χ2v) is 9.60. The van der Waals surface area contributed by atoms with Gasteiger partial charge in [-0.25, -0.2) is 9.97 Å². The monoisotopic (exact) mass is 399 g/mol. The third-order valence-corrected chi connectivity index (χ3v) is 8.10. The number of carbonyl (C=O) groups is 1. The lowest BCUT2D eigenvalue weighted by Gasteiger charge is -2.47. The van der Waals surface area contributed by atoms with Gasteiger partial charge in [-0.3, -0.25) is 4.79 Å². The van der Waals surface area contributed by atoms with E-state index in [1.165, 1.54) is 19.4 Å². The Morgan fingerprint density at radius 1 is 1.07 bits per heavy atom. The van der Waals surface area contributed by atoms with Crippen LogP contribution >= 0.6 is 0 Å². The zero-order valence-corrected chi connectivity index (χ0v) is 17.6. The number of rotatable bonds is 3. The second-order valence-electron chi connectivity index (χ2n) is 9.60. The van der Waals surface area contributed by atoms with Gasteiger partial charge in [-0.05, 0) is 57.2 Å². The van der Waals surface area contributed by atoms with Crippen molar-refractivity contribution in [2.24, 2.45) is 16.7 Å². The summed E-state index contributed by atoms with van der Waals surface area (Å²) in [4.78, 5) is 29.3. The van der Waals surface area contributed by atoms with E-state index in [0.29, 0.717) is 5.91 Å². The molecule has 4 saturated heterocycles. The van der Waals surface area contributed by atoms with Gasteiger partial charge < -0.3 is 19.4 Å². The van der Waals surface area contributed by atoms with Crippen LogP contribution in [-0.2, 0) is 9.53 Å². The maximum absolute atomic E-state index is 13.4. The molecule has 5 rings (SSSR count). The van der Waals surface area contributed by atoms with E-state index < -0.39 is 0 Å². The summed E-state index contributed by atoms with van der Waals surface area (Å²) >= 11 is 0. The molecule has 0 aromatic carbocycles. The molecule has 158 valence electrons. The lowest BCUT2D eigenvalue weighted by atomic mass is 9.60. The van der Waals surface area contributed by atoms with E-state index in [1.54, 1.807) is 12.4 Å². The van der Waals surface area contributed by atoms with Crippen molar-refractivity contribution in [2.45, 2.75) is 32.1 Å². The molecule has 4 aliphatic heterocycles. The fourth-order valence-corrected chi connectivity index (χ4v) is 6.33. The number of likely N-dealkylation sites (tertiary alicyclic amines) is 2. The Balaban J connectivity index is 1.35. The third kappa shape index (κ3) is 3.22. The number of piperidine rings is 1. The van der Waals surface area contributed by atoms with Gasteiger partial charge in [0.2, 0.25) is 11.9 Å². The molecule has 1 aromatic heterocycles. The number of fused-ring (bicyclic) bond motifs is 1. The molecule has 2 spiro atoms. The minimum absolute atomic E-state index is 0.0419. The Labute approximate surface area is 173 Å². The van der Waals surface area contributed by atoms with Gasteiger partial charge in [-0.2, -0.15) is 0 Å². The summed E-state index contributed by atoms with van der Waals surface area (Å²) in [7, 11) is 1.97. The Bertz CT molecular complexity index is 730. The molecule has 1 atom stereocenters. The zero-order chi connectivity index (χ0) is 19.9. The normalized spacial score (nSPS) is 30.7. The lowest BCUT2D eigenvalue weighted by Crippen LogP contribution is -2.53. The molecule has 0 saturated carbocycles. The summed E-state index contributed by atoms with van der Waals surface area (Å²) in [6, 6.07) is 1.86. The molecular formula is C22H33N5O2. The van der Waals surface area contributed by atoms with E-state index in [4.69, 9.17) is 4.74 Å². The summed E-state index contributed by atoms with van der Waals surface area (Å²) in [6.07, 6.45) is 9.14. The van der Waals surface area contributed by atoms with Crippen LogP contribution in [0.2, 0.25) is 0 Å². The van der Waals surface area contributed by atoms with E-state index in [1.807, 2.05) is 18.0 Å². The van der Waals surface area contributed by atoms with E-state index in [9.17, 15) is 4.79 Å². The van der Waals surface area contributed by atoms with E-state index in [2.05, 4.69) is 19.8 Å². The first-order valence-electron chi connectivity index (χ1n) is 11.2. The quantitative estimate of drug-likeness (QED) is 0.770. The lowest BCUT2D eigenvalue weighted by molar-refractivity contribution is -0.141. The summed E-state index contributed by atoms with van der Waals surface area (Å²) in [5, 5.41) is 0. The third-order valence-electron chi connectivity index (χ3n) is 8.10. The molecule has 1 amide bonds. The number of anilines is 1. The minimum atomic E-state index is -0.272. The Hall–Kier alpha value is -1.73. The first kappa shape index (κ1) is 19.2. The molecule has 1 aromatic rings. The summed E-state index contributed by atoms with van der Waals surface area (Å²) in [5.74, 6) is 1.88. The zero-order valence-electron chi connectivity index (χ0n) is 17.6. The Morgan fingerprint density at radius 3 is 2.45 bits per heavy atom. The van der Waals surface area contributed by atoms with Crippen LogP contribution in [0.15, 0.2) is 18.5 Å². The number of aromatic nitrogens is 2. The first-order chi connectivity index (χ1) is 14.1. The number of nitrogens with zero attached hydrogens (tertiary/aromatic N) is 5. The van der Waals surface area contributed by atoms with Crippen LogP contribution in [0.4, 0.5) is 5.95 Å². The van der Waals surface area contributed by atoms with Gasteiger partial charge in [-0.1, -0.05) is 0 Å². The predicted octanol–water partition coefficient (Wildman–Crippen LogP) is 1.65. The van der Waals surface area contributed by atoms with Crippen LogP contribution in [0.5, 0.6) is 0 Å². The molecule has 7 heteroatoms. The van der Waals surface area contributed by atoms with Crippen molar-refractivity contribution in [2.75, 3.05) is 64.4 Å². The molecule has 5 heterocycles. The first-order valence-corrected chi connectivity index (χ1v) is 11.2. The van der Waals surface area contributed by atoms with Gasteiger partial charge in [0.1, 0.15) is 0 Å². The van der Waals surface area contributed by atoms with Gasteiger partial charge in [0, 0.05) is 64.2 Å². The molecule has 0 unspecified atom stereocenters. The number of ether oxygens (including phenoxy) is 1. The van der Waals surface area contributed by atoms with Crippen LogP contribution in [0, 0.1) is 16.7 Å². The van der Waals surface area contributed by atoms with Crippen molar-refractivity contribution >= 4 is 11.9 Å². The van der Waals surface area contributed by atoms with Crippen molar-refractivity contribution in [3.05, 3.63) is 18.5 Å². The average Bonchev–Trinajstić information content (AvgIpc) is 3.24. The van der Waals surface area contributed by atoms with Crippen molar-refractivity contribution in [3.8, 4) is 0 Å². The Morgan fingerprint density at radius 2 is 1.79 bits per heavy atom. The topological polar surface area (TPSA) is 61.8 Å². The fourth-order valence-electron chi connectivity index (χ4n) is 6.33. The fraction of sp³-hybridized carbons (Fsp3) is 0.773. The number of hydrogen-bond acceptors (Lipinski definition) is 6. The summed E-state index contributed by atoms with van der Waals surface area (Å²) in [5.41, 5.74) is -0.230. The SMILES string of the molecule is CN1CC[C@@]2(CN(c3ncccn3)CC23CCN(CC2CCOCC2)CC3)C1=O. The molecule has 0 bridgehead atoms. The molecule has 4 fully saturated rings. The summed E-state index contributed by atoms with van der Waals surface area (Å²) in [6.45, 7) is 7.75. The van der Waals surface area contributed by atoms with Crippen LogP contribution < -0.4 is 4.90 Å². The van der Waals surface area contributed by atoms with Crippen molar-refractivity contribution in [1.29, 1.82) is 0 Å². The molecule has 0 aliphatic carbocycles. The van der Waals surface area contributed by atoms with Gasteiger partial charge in [0.05, 0.1) is 5.41 Å². The minimum Gasteiger partial charge on any atom is -0.381 e. The van der Waals surface area contributed by atoms with Gasteiger partial charge in [0.25, 0.3) is 0 Å². The van der Waals surface area contributed by atoms with Crippen molar-refractivity contribution < 1.29 is 9.53 Å². The molecule has 7 nitrogen and oxygen atoms in total. The van der Waals surface area contributed by atoms with Crippen LogP contribution in [0.25, 0.3) is 0 Å². The molecule has 0 radical (unpaired) electrons. The molecule has 4 aliphatic rings.